The molecule has 0 N–H and O–H groups in total. The summed E-state index contributed by atoms with van der Waals surface area (Å²) in [6.07, 6.45) is 4.31. The number of benzene rings is 2. The average Bonchev–Trinajstić information content (AvgIpc) is 2.98. The van der Waals surface area contributed by atoms with E-state index in [0.29, 0.717) is 11.8 Å². The first kappa shape index (κ1) is 13.8. The Hall–Kier alpha value is -2.12. The maximum absolute atomic E-state index is 5.73. The van der Waals surface area contributed by atoms with E-state index in [2.05, 4.69) is 67.3 Å². The summed E-state index contributed by atoms with van der Waals surface area (Å²) in [4.78, 5) is 0. The molecule has 1 heteroatoms. The molecule has 0 aromatic heterocycles. The summed E-state index contributed by atoms with van der Waals surface area (Å²) in [5, 5.41) is 0. The van der Waals surface area contributed by atoms with Crippen LogP contribution in [0.25, 0.3) is 6.08 Å². The fourth-order valence-electron chi connectivity index (χ4n) is 2.97. The van der Waals surface area contributed by atoms with E-state index in [-0.39, 0.29) is 0 Å². The van der Waals surface area contributed by atoms with Gasteiger partial charge in [-0.15, -0.1) is 6.58 Å². The van der Waals surface area contributed by atoms with E-state index in [1.54, 1.807) is 0 Å². The SMILES string of the molecule is C=CC(c1ccccc1)C1COC/C1=C\c1ccccc1. The van der Waals surface area contributed by atoms with E-state index in [0.717, 1.165) is 13.2 Å². The minimum Gasteiger partial charge on any atom is -0.376 e. The number of hydrogen-bond acceptors (Lipinski definition) is 1. The number of hydrogen-bond donors (Lipinski definition) is 0. The highest BCUT2D eigenvalue weighted by Gasteiger charge is 2.29. The maximum atomic E-state index is 5.73. The Morgan fingerprint density at radius 2 is 1.67 bits per heavy atom. The van der Waals surface area contributed by atoms with E-state index in [4.69, 9.17) is 4.74 Å². The summed E-state index contributed by atoms with van der Waals surface area (Å²) in [7, 11) is 0. The summed E-state index contributed by atoms with van der Waals surface area (Å²) in [5.41, 5.74) is 3.90. The van der Waals surface area contributed by atoms with Gasteiger partial charge in [-0.25, -0.2) is 0 Å². The lowest BCUT2D eigenvalue weighted by Gasteiger charge is -2.20. The largest absolute Gasteiger partial charge is 0.376 e. The molecule has 0 bridgehead atoms. The normalized spacial score (nSPS) is 21.3. The quantitative estimate of drug-likeness (QED) is 0.736. The molecule has 0 aliphatic carbocycles. The van der Waals surface area contributed by atoms with Crippen molar-refractivity contribution >= 4 is 6.08 Å². The smallest absolute Gasteiger partial charge is 0.0684 e. The van der Waals surface area contributed by atoms with Crippen LogP contribution in [0.1, 0.15) is 17.0 Å². The number of allylic oxidation sites excluding steroid dienone is 1. The lowest BCUT2D eigenvalue weighted by molar-refractivity contribution is 0.185. The first-order valence-corrected chi connectivity index (χ1v) is 7.39. The Morgan fingerprint density at radius 3 is 2.33 bits per heavy atom. The average molecular weight is 276 g/mol. The first-order chi connectivity index (χ1) is 10.4. The molecular weight excluding hydrogens is 256 g/mol. The van der Waals surface area contributed by atoms with Gasteiger partial charge in [0, 0.05) is 11.8 Å². The van der Waals surface area contributed by atoms with E-state index < -0.39 is 0 Å². The Kier molecular flexibility index (Phi) is 4.32. The number of ether oxygens (including phenoxy) is 1. The number of rotatable bonds is 4. The van der Waals surface area contributed by atoms with Crippen molar-refractivity contribution in [2.45, 2.75) is 5.92 Å². The van der Waals surface area contributed by atoms with Crippen molar-refractivity contribution in [1.29, 1.82) is 0 Å². The molecule has 21 heavy (non-hydrogen) atoms. The van der Waals surface area contributed by atoms with Crippen molar-refractivity contribution in [3.8, 4) is 0 Å². The van der Waals surface area contributed by atoms with Crippen molar-refractivity contribution in [2.24, 2.45) is 5.92 Å². The van der Waals surface area contributed by atoms with Crippen molar-refractivity contribution in [2.75, 3.05) is 13.2 Å². The van der Waals surface area contributed by atoms with E-state index in [1.165, 1.54) is 16.7 Å². The fourth-order valence-corrected chi connectivity index (χ4v) is 2.97. The Morgan fingerprint density at radius 1 is 1.00 bits per heavy atom. The molecule has 0 radical (unpaired) electrons. The molecule has 106 valence electrons. The molecule has 2 atom stereocenters. The van der Waals surface area contributed by atoms with Gasteiger partial charge in [0.2, 0.25) is 0 Å². The first-order valence-electron chi connectivity index (χ1n) is 7.39. The maximum Gasteiger partial charge on any atom is 0.0684 e. The van der Waals surface area contributed by atoms with Gasteiger partial charge in [0.25, 0.3) is 0 Å². The van der Waals surface area contributed by atoms with Crippen LogP contribution in [0.2, 0.25) is 0 Å². The molecule has 1 heterocycles. The van der Waals surface area contributed by atoms with Gasteiger partial charge in [-0.3, -0.25) is 0 Å². The summed E-state index contributed by atoms with van der Waals surface area (Å²) in [6.45, 7) is 5.53. The predicted molar refractivity (Wildman–Crippen MR) is 88.1 cm³/mol. The zero-order valence-corrected chi connectivity index (χ0v) is 12.1. The monoisotopic (exact) mass is 276 g/mol. The van der Waals surface area contributed by atoms with Crippen LogP contribution in [0.15, 0.2) is 78.9 Å². The van der Waals surface area contributed by atoms with Crippen LogP contribution in [-0.2, 0) is 4.74 Å². The summed E-state index contributed by atoms with van der Waals surface area (Å²) < 4.78 is 5.73. The van der Waals surface area contributed by atoms with Crippen molar-refractivity contribution in [3.63, 3.8) is 0 Å². The van der Waals surface area contributed by atoms with Gasteiger partial charge in [-0.1, -0.05) is 72.8 Å². The third kappa shape index (κ3) is 3.14. The van der Waals surface area contributed by atoms with Crippen molar-refractivity contribution < 1.29 is 4.74 Å². The zero-order valence-electron chi connectivity index (χ0n) is 12.1. The van der Waals surface area contributed by atoms with Crippen molar-refractivity contribution in [1.82, 2.24) is 0 Å². The van der Waals surface area contributed by atoms with Gasteiger partial charge < -0.3 is 4.74 Å². The van der Waals surface area contributed by atoms with E-state index >= 15 is 0 Å². The lowest BCUT2D eigenvalue weighted by atomic mass is 9.82. The molecule has 2 unspecified atom stereocenters. The highest BCUT2D eigenvalue weighted by Crippen LogP contribution is 2.36. The van der Waals surface area contributed by atoms with Gasteiger partial charge in [-0.05, 0) is 16.7 Å². The molecule has 1 aliphatic heterocycles. The summed E-state index contributed by atoms with van der Waals surface area (Å²) >= 11 is 0. The molecule has 2 aromatic carbocycles. The van der Waals surface area contributed by atoms with Crippen molar-refractivity contribution in [3.05, 3.63) is 90.0 Å². The van der Waals surface area contributed by atoms with Gasteiger partial charge in [0.1, 0.15) is 0 Å². The van der Waals surface area contributed by atoms with Crippen LogP contribution in [0.4, 0.5) is 0 Å². The van der Waals surface area contributed by atoms with Crippen LogP contribution in [-0.4, -0.2) is 13.2 Å². The Bertz CT molecular complexity index is 613. The Labute approximate surface area is 126 Å². The fraction of sp³-hybridized carbons (Fsp3) is 0.200. The molecule has 1 nitrogen and oxygen atoms in total. The van der Waals surface area contributed by atoms with Gasteiger partial charge in [0.05, 0.1) is 13.2 Å². The molecule has 1 saturated heterocycles. The molecule has 2 aromatic rings. The van der Waals surface area contributed by atoms with Crippen LogP contribution >= 0.6 is 0 Å². The minimum absolute atomic E-state index is 0.309. The molecule has 0 spiro atoms. The standard InChI is InChI=1S/C20H20O/c1-2-19(17-11-7-4-8-12-17)20-15-21-14-18(20)13-16-9-5-3-6-10-16/h2-13,19-20H,1,14-15H2/b18-13+. The topological polar surface area (TPSA) is 9.23 Å². The highest BCUT2D eigenvalue weighted by atomic mass is 16.5. The van der Waals surface area contributed by atoms with Gasteiger partial charge in [-0.2, -0.15) is 0 Å². The van der Waals surface area contributed by atoms with Crippen LogP contribution in [0.5, 0.6) is 0 Å². The molecule has 3 rings (SSSR count). The molecule has 0 saturated carbocycles. The molecule has 0 amide bonds. The zero-order chi connectivity index (χ0) is 14.5. The Balaban J connectivity index is 1.89. The second kappa shape index (κ2) is 6.55. The van der Waals surface area contributed by atoms with Crippen LogP contribution in [0.3, 0.4) is 0 Å². The third-order valence-corrected chi connectivity index (χ3v) is 4.07. The molecule has 1 fully saturated rings. The predicted octanol–water partition coefficient (Wildman–Crippen LogP) is 4.69. The van der Waals surface area contributed by atoms with E-state index in [1.807, 2.05) is 12.1 Å². The third-order valence-electron chi connectivity index (χ3n) is 4.07. The second-order valence-electron chi connectivity index (χ2n) is 5.42. The lowest BCUT2D eigenvalue weighted by Crippen LogP contribution is -2.12. The van der Waals surface area contributed by atoms with E-state index in [9.17, 15) is 0 Å². The minimum atomic E-state index is 0.309. The summed E-state index contributed by atoms with van der Waals surface area (Å²) in [5.74, 6) is 0.689. The van der Waals surface area contributed by atoms with Crippen LogP contribution in [0, 0.1) is 5.92 Å². The summed E-state index contributed by atoms with van der Waals surface area (Å²) in [6, 6.07) is 21.0. The molecular formula is C20H20O. The highest BCUT2D eigenvalue weighted by molar-refractivity contribution is 5.54. The second-order valence-corrected chi connectivity index (χ2v) is 5.42. The molecule has 1 aliphatic rings. The van der Waals surface area contributed by atoms with Gasteiger partial charge >= 0.3 is 0 Å². The van der Waals surface area contributed by atoms with Gasteiger partial charge in [0.15, 0.2) is 0 Å². The van der Waals surface area contributed by atoms with Crippen LogP contribution < -0.4 is 0 Å².